The third kappa shape index (κ3) is 6.13. The lowest BCUT2D eigenvalue weighted by molar-refractivity contribution is -0.144. The molecule has 0 bridgehead atoms. The third-order valence-corrected chi connectivity index (χ3v) is 5.92. The minimum atomic E-state index is -0.682. The van der Waals surface area contributed by atoms with E-state index in [4.69, 9.17) is 4.74 Å². The number of hydrogen-bond acceptors (Lipinski definition) is 7. The van der Waals surface area contributed by atoms with Gasteiger partial charge in [0.25, 0.3) is 0 Å². The van der Waals surface area contributed by atoms with E-state index in [9.17, 15) is 13.6 Å². The summed E-state index contributed by atoms with van der Waals surface area (Å²) in [6.07, 6.45) is 1.40. The fourth-order valence-corrected chi connectivity index (χ4v) is 4.12. The fraction of sp³-hybridized carbons (Fsp3) is 0.360. The maximum atomic E-state index is 13.5. The lowest BCUT2D eigenvalue weighted by Gasteiger charge is -2.44. The molecule has 2 heterocycles. The van der Waals surface area contributed by atoms with Gasteiger partial charge in [0.15, 0.2) is 0 Å². The maximum absolute atomic E-state index is 13.5. The average Bonchev–Trinajstić information content (AvgIpc) is 3.25. The van der Waals surface area contributed by atoms with Crippen LogP contribution in [0.3, 0.4) is 0 Å². The zero-order valence-corrected chi connectivity index (χ0v) is 20.1. The first kappa shape index (κ1) is 24.6. The molecule has 1 aliphatic heterocycles. The fourth-order valence-electron chi connectivity index (χ4n) is 4.12. The van der Waals surface area contributed by atoms with E-state index in [2.05, 4.69) is 38.2 Å². The molecule has 185 valence electrons. The van der Waals surface area contributed by atoms with E-state index >= 15 is 0 Å². The molecule has 1 unspecified atom stereocenters. The van der Waals surface area contributed by atoms with Crippen molar-refractivity contribution in [3.05, 3.63) is 66.8 Å². The maximum Gasteiger partial charge on any atom is 0.302 e. The minimum absolute atomic E-state index is 0.247. The quantitative estimate of drug-likeness (QED) is 0.511. The van der Waals surface area contributed by atoms with Crippen molar-refractivity contribution in [3.8, 4) is 5.69 Å². The largest absolute Gasteiger partial charge is 0.464 e. The Morgan fingerprint density at radius 2 is 1.77 bits per heavy atom. The van der Waals surface area contributed by atoms with Crippen molar-refractivity contribution in [2.45, 2.75) is 26.3 Å². The summed E-state index contributed by atoms with van der Waals surface area (Å²) in [7, 11) is 0. The summed E-state index contributed by atoms with van der Waals surface area (Å²) in [5.41, 5.74) is 2.70. The highest BCUT2D eigenvalue weighted by molar-refractivity contribution is 5.66. The van der Waals surface area contributed by atoms with Crippen molar-refractivity contribution in [3.63, 3.8) is 0 Å². The van der Waals surface area contributed by atoms with Gasteiger partial charge in [-0.25, -0.2) is 13.5 Å². The number of carbonyl (C=O) groups is 1. The Hall–Kier alpha value is -3.53. The van der Waals surface area contributed by atoms with Crippen LogP contribution in [0.25, 0.3) is 5.69 Å². The summed E-state index contributed by atoms with van der Waals surface area (Å²) in [6.45, 7) is 13.0. The Labute approximate surface area is 203 Å². The van der Waals surface area contributed by atoms with Crippen LogP contribution in [0, 0.1) is 25.5 Å². The first-order valence-electron chi connectivity index (χ1n) is 11.3. The van der Waals surface area contributed by atoms with Crippen molar-refractivity contribution < 1.29 is 18.3 Å². The topological polar surface area (TPSA) is 75.5 Å². The Balaban J connectivity index is 1.43. The second kappa shape index (κ2) is 9.99. The van der Waals surface area contributed by atoms with E-state index in [0.29, 0.717) is 5.95 Å². The molecule has 1 N–H and O–H groups in total. The number of anilines is 3. The monoisotopic (exact) mass is 483 g/mol. The third-order valence-electron chi connectivity index (χ3n) is 5.92. The molecule has 0 aliphatic carbocycles. The van der Waals surface area contributed by atoms with Crippen LogP contribution in [-0.2, 0) is 9.53 Å². The number of rotatable bonds is 7. The summed E-state index contributed by atoms with van der Waals surface area (Å²) in [4.78, 5) is 19.9. The van der Waals surface area contributed by atoms with Gasteiger partial charge >= 0.3 is 5.97 Å². The standard InChI is InChI=1S/C25H29F2N6O2/c1-17-9-21(29-24-28-16-33(30-24)23-12-19(26)11-20(27)13-23)14-22(10-17)31-5-7-32(8-6-31)25(3,4)15-35-18(2)34/h9-14,16H,3,5-8,15H2,1-2,4H3,(H,29,30). The predicted octanol–water partition coefficient (Wildman–Crippen LogP) is 3.88. The van der Waals surface area contributed by atoms with Gasteiger partial charge in [-0.05, 0) is 56.7 Å². The second-order valence-corrected chi connectivity index (χ2v) is 9.07. The molecule has 2 aromatic carbocycles. The Kier molecular flexibility index (Phi) is 7.02. The van der Waals surface area contributed by atoms with Crippen LogP contribution in [0.2, 0.25) is 0 Å². The number of halogens is 2. The van der Waals surface area contributed by atoms with E-state index in [1.165, 1.54) is 30.1 Å². The van der Waals surface area contributed by atoms with Gasteiger partial charge in [-0.15, -0.1) is 5.10 Å². The number of esters is 1. The zero-order valence-electron chi connectivity index (χ0n) is 20.1. The first-order chi connectivity index (χ1) is 16.6. The van der Waals surface area contributed by atoms with Crippen LogP contribution in [-0.4, -0.2) is 64.0 Å². The SMILES string of the molecule is [CH2]C(C)(COC(C)=O)N1CCN(c2cc(C)cc(Nc3ncn(-c4cc(F)cc(F)c4)n3)c2)CC1. The summed E-state index contributed by atoms with van der Waals surface area (Å²) in [5.74, 6) is -1.35. The molecule has 0 amide bonds. The number of ether oxygens (including phenoxy) is 1. The highest BCUT2D eigenvalue weighted by Gasteiger charge is 2.31. The van der Waals surface area contributed by atoms with E-state index in [-0.39, 0.29) is 18.3 Å². The highest BCUT2D eigenvalue weighted by atomic mass is 19.1. The molecule has 0 spiro atoms. The van der Waals surface area contributed by atoms with Crippen LogP contribution in [0.1, 0.15) is 19.4 Å². The van der Waals surface area contributed by atoms with Gasteiger partial charge in [0.1, 0.15) is 24.6 Å². The van der Waals surface area contributed by atoms with Crippen molar-refractivity contribution in [1.82, 2.24) is 19.7 Å². The molecule has 8 nitrogen and oxygen atoms in total. The van der Waals surface area contributed by atoms with Gasteiger partial charge in [-0.2, -0.15) is 4.98 Å². The molecular formula is C25H29F2N6O2. The summed E-state index contributed by atoms with van der Waals surface area (Å²) < 4.78 is 33.6. The van der Waals surface area contributed by atoms with Crippen LogP contribution in [0.5, 0.6) is 0 Å². The van der Waals surface area contributed by atoms with E-state index in [1.54, 1.807) is 0 Å². The molecule has 10 heteroatoms. The summed E-state index contributed by atoms with van der Waals surface area (Å²) in [5, 5.41) is 7.47. The van der Waals surface area contributed by atoms with Gasteiger partial charge in [0.2, 0.25) is 5.95 Å². The highest BCUT2D eigenvalue weighted by Crippen LogP contribution is 2.27. The van der Waals surface area contributed by atoms with E-state index in [1.807, 2.05) is 26.0 Å². The van der Waals surface area contributed by atoms with Gasteiger partial charge in [0, 0.05) is 50.5 Å². The number of nitrogens with one attached hydrogen (secondary N) is 1. The number of nitrogens with zero attached hydrogens (tertiary/aromatic N) is 5. The van der Waals surface area contributed by atoms with Crippen molar-refractivity contribution in [2.75, 3.05) is 43.0 Å². The van der Waals surface area contributed by atoms with Gasteiger partial charge in [-0.3, -0.25) is 9.69 Å². The van der Waals surface area contributed by atoms with Gasteiger partial charge < -0.3 is 15.0 Å². The molecule has 1 saturated heterocycles. The molecule has 0 saturated carbocycles. The first-order valence-corrected chi connectivity index (χ1v) is 11.3. The Morgan fingerprint density at radius 3 is 2.43 bits per heavy atom. The lowest BCUT2D eigenvalue weighted by atomic mass is 10.0. The zero-order chi connectivity index (χ0) is 25.2. The van der Waals surface area contributed by atoms with Crippen LogP contribution >= 0.6 is 0 Å². The van der Waals surface area contributed by atoms with E-state index < -0.39 is 17.2 Å². The number of piperazine rings is 1. The molecular weight excluding hydrogens is 454 g/mol. The van der Waals surface area contributed by atoms with E-state index in [0.717, 1.165) is 49.2 Å². The number of hydrogen-bond donors (Lipinski definition) is 1. The molecule has 4 rings (SSSR count). The molecule has 1 radical (unpaired) electrons. The van der Waals surface area contributed by atoms with Crippen LogP contribution in [0.15, 0.2) is 42.7 Å². The number of carbonyl (C=O) groups excluding carboxylic acids is 1. The molecule has 1 aromatic heterocycles. The van der Waals surface area contributed by atoms with Crippen molar-refractivity contribution in [2.24, 2.45) is 0 Å². The summed E-state index contributed by atoms with van der Waals surface area (Å²) >= 11 is 0. The molecule has 3 aromatic rings. The number of aromatic nitrogens is 3. The molecule has 35 heavy (non-hydrogen) atoms. The molecule has 1 fully saturated rings. The average molecular weight is 484 g/mol. The van der Waals surface area contributed by atoms with Crippen LogP contribution < -0.4 is 10.2 Å². The van der Waals surface area contributed by atoms with Crippen molar-refractivity contribution >= 4 is 23.3 Å². The van der Waals surface area contributed by atoms with Gasteiger partial charge in [-0.1, -0.05) is 0 Å². The minimum Gasteiger partial charge on any atom is -0.464 e. The number of benzene rings is 2. The molecule has 1 atom stereocenters. The number of aryl methyl sites for hydroxylation is 1. The molecule has 1 aliphatic rings. The Bertz CT molecular complexity index is 1180. The Morgan fingerprint density at radius 1 is 1.09 bits per heavy atom. The summed E-state index contributed by atoms with van der Waals surface area (Å²) in [6, 6.07) is 9.31. The lowest BCUT2D eigenvalue weighted by Crippen LogP contribution is -2.56. The van der Waals surface area contributed by atoms with Crippen LogP contribution in [0.4, 0.5) is 26.1 Å². The second-order valence-electron chi connectivity index (χ2n) is 9.07. The normalized spacial score (nSPS) is 14.7. The predicted molar refractivity (Wildman–Crippen MR) is 130 cm³/mol. The smallest absolute Gasteiger partial charge is 0.302 e. The van der Waals surface area contributed by atoms with Gasteiger partial charge in [0.05, 0.1) is 11.2 Å². The van der Waals surface area contributed by atoms with Crippen molar-refractivity contribution in [1.29, 1.82) is 0 Å².